The zero-order valence-corrected chi connectivity index (χ0v) is 10.1. The predicted octanol–water partition coefficient (Wildman–Crippen LogP) is 2.14. The van der Waals surface area contributed by atoms with Gasteiger partial charge in [-0.15, -0.1) is 0 Å². The lowest BCUT2D eigenvalue weighted by atomic mass is 9.92. The van der Waals surface area contributed by atoms with Crippen molar-refractivity contribution in [2.75, 3.05) is 13.2 Å². The zero-order chi connectivity index (χ0) is 12.3. The molecular weight excluding hydrogens is 222 g/mol. The summed E-state index contributed by atoms with van der Waals surface area (Å²) in [6.07, 6.45) is 7.50. The molecule has 1 aliphatic heterocycles. The number of hydrogen-bond acceptors (Lipinski definition) is 4. The van der Waals surface area contributed by atoms with Crippen LogP contribution in [0, 0.1) is 16.0 Å². The zero-order valence-electron chi connectivity index (χ0n) is 10.1. The second-order valence-corrected chi connectivity index (χ2v) is 4.87. The van der Waals surface area contributed by atoms with Gasteiger partial charge in [-0.2, -0.15) is 0 Å². The summed E-state index contributed by atoms with van der Waals surface area (Å²) >= 11 is 0. The molecular formula is C12H19NO4. The lowest BCUT2D eigenvalue weighted by Gasteiger charge is -2.36. The van der Waals surface area contributed by atoms with Crippen LogP contribution in [0.1, 0.15) is 32.6 Å². The fourth-order valence-corrected chi connectivity index (χ4v) is 2.34. The Morgan fingerprint density at radius 2 is 2.12 bits per heavy atom. The van der Waals surface area contributed by atoms with Crippen LogP contribution in [0.15, 0.2) is 12.2 Å². The van der Waals surface area contributed by atoms with Gasteiger partial charge in [-0.05, 0) is 19.3 Å². The molecule has 2 rings (SSSR count). The van der Waals surface area contributed by atoms with Crippen molar-refractivity contribution in [3.63, 3.8) is 0 Å². The summed E-state index contributed by atoms with van der Waals surface area (Å²) in [6.45, 7) is 2.14. The highest BCUT2D eigenvalue weighted by Crippen LogP contribution is 2.30. The molecule has 0 N–H and O–H groups in total. The molecule has 2 aliphatic rings. The summed E-state index contributed by atoms with van der Waals surface area (Å²) < 4.78 is 11.2. The first-order valence-corrected chi connectivity index (χ1v) is 6.20. The van der Waals surface area contributed by atoms with Gasteiger partial charge in [0.1, 0.15) is 13.2 Å². The second-order valence-electron chi connectivity index (χ2n) is 4.87. The molecule has 1 aliphatic carbocycles. The summed E-state index contributed by atoms with van der Waals surface area (Å²) in [5.74, 6) is 0.349. The molecule has 1 heterocycles. The number of ether oxygens (including phenoxy) is 2. The average Bonchev–Trinajstić information content (AvgIpc) is 2.39. The van der Waals surface area contributed by atoms with E-state index in [1.165, 1.54) is 0 Å². The first-order valence-electron chi connectivity index (χ1n) is 6.20. The Morgan fingerprint density at radius 3 is 2.59 bits per heavy atom. The van der Waals surface area contributed by atoms with Gasteiger partial charge < -0.3 is 9.47 Å². The standard InChI is InChI=1S/C12H19NO4/c1-2-12(13(14)15)8-16-11(17-9-12)10-6-4-3-5-7-10/h3-4,10-11H,2,5-9H2,1H3/t10-,11?,12?/m1/s1. The Kier molecular flexibility index (Phi) is 3.79. The average molecular weight is 241 g/mol. The lowest BCUT2D eigenvalue weighted by molar-refractivity contribution is -0.592. The molecule has 0 bridgehead atoms. The van der Waals surface area contributed by atoms with Gasteiger partial charge in [0.25, 0.3) is 5.54 Å². The highest BCUT2D eigenvalue weighted by molar-refractivity contribution is 4.92. The number of nitrogens with zero attached hydrogens (tertiary/aromatic N) is 1. The minimum Gasteiger partial charge on any atom is -0.345 e. The van der Waals surface area contributed by atoms with Crippen LogP contribution in [-0.2, 0) is 9.47 Å². The van der Waals surface area contributed by atoms with Gasteiger partial charge in [0.05, 0.1) is 0 Å². The van der Waals surface area contributed by atoms with Crippen LogP contribution < -0.4 is 0 Å². The molecule has 17 heavy (non-hydrogen) atoms. The molecule has 5 heteroatoms. The van der Waals surface area contributed by atoms with Gasteiger partial charge in [0.2, 0.25) is 0 Å². The molecule has 0 unspecified atom stereocenters. The highest BCUT2D eigenvalue weighted by atomic mass is 16.7. The first kappa shape index (κ1) is 12.5. The van der Waals surface area contributed by atoms with Crippen LogP contribution in [0.5, 0.6) is 0 Å². The van der Waals surface area contributed by atoms with Crippen molar-refractivity contribution in [2.45, 2.75) is 44.4 Å². The molecule has 96 valence electrons. The van der Waals surface area contributed by atoms with E-state index in [0.29, 0.717) is 12.3 Å². The van der Waals surface area contributed by atoms with Gasteiger partial charge in [0, 0.05) is 17.3 Å². The van der Waals surface area contributed by atoms with E-state index in [9.17, 15) is 10.1 Å². The van der Waals surface area contributed by atoms with Crippen LogP contribution in [0.2, 0.25) is 0 Å². The Balaban J connectivity index is 1.93. The molecule has 0 aromatic rings. The number of hydrogen-bond donors (Lipinski definition) is 0. The summed E-state index contributed by atoms with van der Waals surface area (Å²) in [6, 6.07) is 0. The first-order chi connectivity index (χ1) is 8.18. The van der Waals surface area contributed by atoms with E-state index >= 15 is 0 Å². The maximum Gasteiger partial charge on any atom is 0.267 e. The van der Waals surface area contributed by atoms with E-state index in [1.54, 1.807) is 6.92 Å². The number of rotatable bonds is 3. The normalized spacial score (nSPS) is 37.9. The Hall–Kier alpha value is -0.940. The van der Waals surface area contributed by atoms with E-state index in [2.05, 4.69) is 12.2 Å². The number of nitro groups is 1. The number of allylic oxidation sites excluding steroid dienone is 2. The van der Waals surface area contributed by atoms with E-state index < -0.39 is 5.54 Å². The fraction of sp³-hybridized carbons (Fsp3) is 0.833. The molecule has 0 amide bonds. The Labute approximate surface area is 101 Å². The molecule has 1 fully saturated rings. The van der Waals surface area contributed by atoms with Gasteiger partial charge in [-0.3, -0.25) is 10.1 Å². The van der Waals surface area contributed by atoms with E-state index in [4.69, 9.17) is 9.47 Å². The van der Waals surface area contributed by atoms with E-state index in [-0.39, 0.29) is 24.4 Å². The summed E-state index contributed by atoms with van der Waals surface area (Å²) in [4.78, 5) is 10.8. The molecule has 0 radical (unpaired) electrons. The van der Waals surface area contributed by atoms with Crippen LogP contribution in [0.4, 0.5) is 0 Å². The van der Waals surface area contributed by atoms with Crippen molar-refractivity contribution in [3.8, 4) is 0 Å². The van der Waals surface area contributed by atoms with Crippen molar-refractivity contribution < 1.29 is 14.4 Å². The predicted molar refractivity (Wildman–Crippen MR) is 62.2 cm³/mol. The third-order valence-corrected chi connectivity index (χ3v) is 3.77. The van der Waals surface area contributed by atoms with Crippen LogP contribution in [0.25, 0.3) is 0 Å². The fourth-order valence-electron chi connectivity index (χ4n) is 2.34. The monoisotopic (exact) mass is 241 g/mol. The van der Waals surface area contributed by atoms with E-state index in [0.717, 1.165) is 19.3 Å². The third-order valence-electron chi connectivity index (χ3n) is 3.77. The van der Waals surface area contributed by atoms with Gasteiger partial charge in [-0.1, -0.05) is 19.1 Å². The van der Waals surface area contributed by atoms with Crippen molar-refractivity contribution in [3.05, 3.63) is 22.3 Å². The topological polar surface area (TPSA) is 61.6 Å². The minimum absolute atomic E-state index is 0.168. The van der Waals surface area contributed by atoms with Crippen LogP contribution in [-0.4, -0.2) is 30.0 Å². The SMILES string of the molecule is CCC1([N+](=O)[O-])COC([C@@H]2CC=CCC2)OC1. The molecule has 1 atom stereocenters. The maximum absolute atomic E-state index is 11.0. The quantitative estimate of drug-likeness (QED) is 0.431. The Morgan fingerprint density at radius 1 is 1.41 bits per heavy atom. The summed E-state index contributed by atoms with van der Waals surface area (Å²) in [7, 11) is 0. The Bertz CT molecular complexity index is 308. The molecule has 1 saturated heterocycles. The van der Waals surface area contributed by atoms with Crippen molar-refractivity contribution in [2.24, 2.45) is 5.92 Å². The van der Waals surface area contributed by atoms with Gasteiger partial charge in [-0.25, -0.2) is 0 Å². The van der Waals surface area contributed by atoms with Crippen molar-refractivity contribution >= 4 is 0 Å². The largest absolute Gasteiger partial charge is 0.345 e. The van der Waals surface area contributed by atoms with E-state index in [1.807, 2.05) is 0 Å². The lowest BCUT2D eigenvalue weighted by Crippen LogP contribution is -2.53. The molecule has 0 aromatic heterocycles. The minimum atomic E-state index is -1.04. The van der Waals surface area contributed by atoms with Gasteiger partial charge >= 0.3 is 0 Å². The molecule has 0 saturated carbocycles. The van der Waals surface area contributed by atoms with Crippen LogP contribution >= 0.6 is 0 Å². The van der Waals surface area contributed by atoms with Gasteiger partial charge in [0.15, 0.2) is 6.29 Å². The third kappa shape index (κ3) is 2.50. The molecule has 0 aromatic carbocycles. The van der Waals surface area contributed by atoms with Crippen LogP contribution in [0.3, 0.4) is 0 Å². The molecule has 5 nitrogen and oxygen atoms in total. The van der Waals surface area contributed by atoms with Crippen molar-refractivity contribution in [1.82, 2.24) is 0 Å². The second kappa shape index (κ2) is 5.14. The molecule has 0 spiro atoms. The van der Waals surface area contributed by atoms with Crippen molar-refractivity contribution in [1.29, 1.82) is 0 Å². The summed E-state index contributed by atoms with van der Waals surface area (Å²) in [5.41, 5.74) is -1.04. The summed E-state index contributed by atoms with van der Waals surface area (Å²) in [5, 5.41) is 11.0. The highest BCUT2D eigenvalue weighted by Gasteiger charge is 2.47. The maximum atomic E-state index is 11.0. The smallest absolute Gasteiger partial charge is 0.267 e.